The van der Waals surface area contributed by atoms with Gasteiger partial charge in [0.15, 0.2) is 0 Å². The molecule has 0 aliphatic heterocycles. The van der Waals surface area contributed by atoms with E-state index in [0.29, 0.717) is 4.47 Å². The molecular formula is C13H11BrN2O4S. The summed E-state index contributed by atoms with van der Waals surface area (Å²) in [6.45, 7) is 1.50. The zero-order chi connectivity index (χ0) is 15.6. The van der Waals surface area contributed by atoms with Gasteiger partial charge in [-0.2, -0.15) is 0 Å². The van der Waals surface area contributed by atoms with Gasteiger partial charge in [0.1, 0.15) is 4.90 Å². The molecule has 6 nitrogen and oxygen atoms in total. The predicted molar refractivity (Wildman–Crippen MR) is 82.8 cm³/mol. The number of halogens is 1. The van der Waals surface area contributed by atoms with Gasteiger partial charge in [0.2, 0.25) is 0 Å². The van der Waals surface area contributed by atoms with Crippen LogP contribution in [0, 0.1) is 17.0 Å². The van der Waals surface area contributed by atoms with Crippen LogP contribution in [0.4, 0.5) is 11.4 Å². The third-order valence-electron chi connectivity index (χ3n) is 2.87. The van der Waals surface area contributed by atoms with Gasteiger partial charge >= 0.3 is 0 Å². The highest BCUT2D eigenvalue weighted by molar-refractivity contribution is 9.10. The van der Waals surface area contributed by atoms with E-state index in [1.54, 1.807) is 18.2 Å². The van der Waals surface area contributed by atoms with Crippen LogP contribution in [0.25, 0.3) is 0 Å². The first-order valence-electron chi connectivity index (χ1n) is 5.84. The standard InChI is InChI=1S/C13H11BrN2O4S/c1-9-11(6-4-7-12(9)16(17)18)15-21(19,20)13-8-3-2-5-10(13)14/h2-8,15H,1H3. The lowest BCUT2D eigenvalue weighted by Gasteiger charge is -2.11. The van der Waals surface area contributed by atoms with Gasteiger partial charge in [0, 0.05) is 10.5 Å². The SMILES string of the molecule is Cc1c(NS(=O)(=O)c2ccccc2Br)cccc1[N+](=O)[O-]. The fourth-order valence-electron chi connectivity index (χ4n) is 1.79. The van der Waals surface area contributed by atoms with Gasteiger partial charge < -0.3 is 0 Å². The Bertz CT molecular complexity index is 806. The van der Waals surface area contributed by atoms with Crippen LogP contribution < -0.4 is 4.72 Å². The van der Waals surface area contributed by atoms with Crippen LogP contribution in [0.3, 0.4) is 0 Å². The maximum atomic E-state index is 12.3. The maximum Gasteiger partial charge on any atom is 0.274 e. The smallest absolute Gasteiger partial charge is 0.274 e. The van der Waals surface area contributed by atoms with Gasteiger partial charge in [-0.3, -0.25) is 14.8 Å². The van der Waals surface area contributed by atoms with Crippen LogP contribution in [-0.4, -0.2) is 13.3 Å². The number of hydrogen-bond acceptors (Lipinski definition) is 4. The molecule has 0 aliphatic rings. The van der Waals surface area contributed by atoms with Crippen LogP contribution in [0.2, 0.25) is 0 Å². The number of rotatable bonds is 4. The van der Waals surface area contributed by atoms with Gasteiger partial charge in [-0.1, -0.05) is 18.2 Å². The molecule has 0 saturated heterocycles. The second kappa shape index (κ2) is 5.82. The van der Waals surface area contributed by atoms with E-state index in [9.17, 15) is 18.5 Å². The fraction of sp³-hybridized carbons (Fsp3) is 0.0769. The minimum atomic E-state index is -3.83. The molecule has 21 heavy (non-hydrogen) atoms. The van der Waals surface area contributed by atoms with E-state index in [2.05, 4.69) is 20.7 Å². The number of nitrogens with zero attached hydrogens (tertiary/aromatic N) is 1. The summed E-state index contributed by atoms with van der Waals surface area (Å²) >= 11 is 3.17. The molecule has 0 heterocycles. The van der Waals surface area contributed by atoms with Crippen molar-refractivity contribution in [2.45, 2.75) is 11.8 Å². The van der Waals surface area contributed by atoms with Crippen molar-refractivity contribution in [3.63, 3.8) is 0 Å². The average molecular weight is 371 g/mol. The highest BCUT2D eigenvalue weighted by atomic mass is 79.9. The van der Waals surface area contributed by atoms with E-state index in [4.69, 9.17) is 0 Å². The molecular weight excluding hydrogens is 360 g/mol. The molecule has 0 unspecified atom stereocenters. The van der Waals surface area contributed by atoms with Crippen LogP contribution in [-0.2, 0) is 10.0 Å². The molecule has 0 aromatic heterocycles. The Morgan fingerprint density at radius 1 is 1.14 bits per heavy atom. The summed E-state index contributed by atoms with van der Waals surface area (Å²) in [5, 5.41) is 10.9. The van der Waals surface area contributed by atoms with E-state index in [1.165, 1.54) is 31.2 Å². The first kappa shape index (κ1) is 15.5. The van der Waals surface area contributed by atoms with Crippen molar-refractivity contribution in [3.8, 4) is 0 Å². The minimum absolute atomic E-state index is 0.0657. The van der Waals surface area contributed by atoms with Gasteiger partial charge in [-0.25, -0.2) is 8.42 Å². The Kier molecular flexibility index (Phi) is 4.29. The van der Waals surface area contributed by atoms with Crippen molar-refractivity contribution in [2.24, 2.45) is 0 Å². The number of hydrogen-bond donors (Lipinski definition) is 1. The second-order valence-corrected chi connectivity index (χ2v) is 6.75. The summed E-state index contributed by atoms with van der Waals surface area (Å²) in [5.41, 5.74) is 0.306. The number of nitro groups is 1. The zero-order valence-electron chi connectivity index (χ0n) is 10.9. The van der Waals surface area contributed by atoms with Crippen LogP contribution in [0.5, 0.6) is 0 Å². The first-order chi connectivity index (χ1) is 9.83. The summed E-state index contributed by atoms with van der Waals surface area (Å²) in [5.74, 6) is 0. The number of sulfonamides is 1. The number of nitrogens with one attached hydrogen (secondary N) is 1. The summed E-state index contributed by atoms with van der Waals surface area (Å²) in [7, 11) is -3.83. The quantitative estimate of drug-likeness (QED) is 0.658. The average Bonchev–Trinajstić information content (AvgIpc) is 2.41. The molecule has 0 fully saturated rings. The molecule has 0 spiro atoms. The van der Waals surface area contributed by atoms with E-state index in [-0.39, 0.29) is 21.8 Å². The first-order valence-corrected chi connectivity index (χ1v) is 8.12. The monoisotopic (exact) mass is 370 g/mol. The van der Waals surface area contributed by atoms with Gasteiger partial charge in [-0.15, -0.1) is 0 Å². The molecule has 0 amide bonds. The molecule has 2 aromatic carbocycles. The van der Waals surface area contributed by atoms with Crippen LogP contribution in [0.15, 0.2) is 51.8 Å². The van der Waals surface area contributed by atoms with Crippen molar-refractivity contribution >= 4 is 37.3 Å². The lowest BCUT2D eigenvalue weighted by atomic mass is 10.2. The number of anilines is 1. The second-order valence-electron chi connectivity index (χ2n) is 4.24. The molecule has 0 atom stereocenters. The van der Waals surface area contributed by atoms with E-state index in [0.717, 1.165) is 0 Å². The summed E-state index contributed by atoms with van der Waals surface area (Å²) in [4.78, 5) is 10.4. The summed E-state index contributed by atoms with van der Waals surface area (Å²) in [6.07, 6.45) is 0. The third kappa shape index (κ3) is 3.22. The van der Waals surface area contributed by atoms with E-state index in [1.807, 2.05) is 0 Å². The van der Waals surface area contributed by atoms with E-state index >= 15 is 0 Å². The Morgan fingerprint density at radius 3 is 2.43 bits per heavy atom. The van der Waals surface area contributed by atoms with Crippen molar-refractivity contribution in [3.05, 3.63) is 62.6 Å². The van der Waals surface area contributed by atoms with Crippen molar-refractivity contribution in [1.82, 2.24) is 0 Å². The molecule has 2 rings (SSSR count). The largest absolute Gasteiger partial charge is 0.279 e. The topological polar surface area (TPSA) is 89.3 Å². The fourth-order valence-corrected chi connectivity index (χ4v) is 3.92. The Balaban J connectivity index is 2.45. The van der Waals surface area contributed by atoms with Gasteiger partial charge in [-0.05, 0) is 41.1 Å². The molecule has 0 radical (unpaired) electrons. The minimum Gasteiger partial charge on any atom is -0.279 e. The van der Waals surface area contributed by atoms with Crippen molar-refractivity contribution in [1.29, 1.82) is 0 Å². The molecule has 8 heteroatoms. The Morgan fingerprint density at radius 2 is 1.81 bits per heavy atom. The van der Waals surface area contributed by atoms with Crippen LogP contribution in [0.1, 0.15) is 5.56 Å². The van der Waals surface area contributed by atoms with Crippen molar-refractivity contribution < 1.29 is 13.3 Å². The lowest BCUT2D eigenvalue weighted by Crippen LogP contribution is -2.14. The zero-order valence-corrected chi connectivity index (χ0v) is 13.3. The number of benzene rings is 2. The molecule has 0 aliphatic carbocycles. The third-order valence-corrected chi connectivity index (χ3v) is 5.25. The highest BCUT2D eigenvalue weighted by Gasteiger charge is 2.20. The Labute approximate surface area is 130 Å². The molecule has 0 bridgehead atoms. The predicted octanol–water partition coefficient (Wildman–Crippen LogP) is 3.47. The molecule has 1 N–H and O–H groups in total. The lowest BCUT2D eigenvalue weighted by molar-refractivity contribution is -0.385. The summed E-state index contributed by atoms with van der Waals surface area (Å²) in [6, 6.07) is 10.6. The van der Waals surface area contributed by atoms with E-state index < -0.39 is 14.9 Å². The normalized spacial score (nSPS) is 11.1. The summed E-state index contributed by atoms with van der Waals surface area (Å²) < 4.78 is 27.5. The molecule has 2 aromatic rings. The maximum absolute atomic E-state index is 12.3. The highest BCUT2D eigenvalue weighted by Crippen LogP contribution is 2.29. The number of nitro benzene ring substituents is 1. The Hall–Kier alpha value is -1.93. The van der Waals surface area contributed by atoms with Gasteiger partial charge in [0.25, 0.3) is 15.7 Å². The van der Waals surface area contributed by atoms with Crippen molar-refractivity contribution in [2.75, 3.05) is 4.72 Å². The molecule has 110 valence electrons. The van der Waals surface area contributed by atoms with Gasteiger partial charge in [0.05, 0.1) is 16.2 Å². The van der Waals surface area contributed by atoms with Crippen LogP contribution >= 0.6 is 15.9 Å². The molecule has 0 saturated carbocycles.